The minimum absolute atomic E-state index is 0.0130. The van der Waals surface area contributed by atoms with Crippen LogP contribution in [0.1, 0.15) is 31.2 Å². The van der Waals surface area contributed by atoms with Crippen molar-refractivity contribution in [3.05, 3.63) is 34.9 Å². The third-order valence-electron chi connectivity index (χ3n) is 5.03. The van der Waals surface area contributed by atoms with Crippen molar-refractivity contribution in [3.63, 3.8) is 0 Å². The molecule has 1 saturated carbocycles. The number of hydrogen-bond acceptors (Lipinski definition) is 2. The van der Waals surface area contributed by atoms with Gasteiger partial charge in [-0.2, -0.15) is 0 Å². The molecular weight excluding hydrogens is 326 g/mol. The highest BCUT2D eigenvalue weighted by Gasteiger charge is 2.46. The van der Waals surface area contributed by atoms with Crippen molar-refractivity contribution in [3.8, 4) is 0 Å². The Hall–Kier alpha value is -1.75. The van der Waals surface area contributed by atoms with Crippen LogP contribution < -0.4 is 5.32 Å². The molecule has 1 aromatic rings. The predicted octanol–water partition coefficient (Wildman–Crippen LogP) is 2.84. The van der Waals surface area contributed by atoms with E-state index in [1.165, 1.54) is 0 Å². The molecule has 0 bridgehead atoms. The van der Waals surface area contributed by atoms with Crippen molar-refractivity contribution in [1.82, 2.24) is 15.1 Å². The van der Waals surface area contributed by atoms with Crippen LogP contribution in [0.5, 0.6) is 0 Å². The lowest BCUT2D eigenvalue weighted by molar-refractivity contribution is -0.127. The lowest BCUT2D eigenvalue weighted by atomic mass is 9.94. The molecule has 6 heteroatoms. The number of halogens is 1. The molecule has 1 aliphatic carbocycles. The van der Waals surface area contributed by atoms with E-state index in [4.69, 9.17) is 11.6 Å². The number of hydrogen-bond donors (Lipinski definition) is 1. The van der Waals surface area contributed by atoms with Crippen molar-refractivity contribution in [1.29, 1.82) is 0 Å². The summed E-state index contributed by atoms with van der Waals surface area (Å²) < 4.78 is 0. The van der Waals surface area contributed by atoms with Gasteiger partial charge in [-0.05, 0) is 43.4 Å². The van der Waals surface area contributed by atoms with Gasteiger partial charge in [0.05, 0.1) is 5.54 Å². The van der Waals surface area contributed by atoms with E-state index in [0.29, 0.717) is 18.1 Å². The quantitative estimate of drug-likeness (QED) is 0.912. The minimum atomic E-state index is -0.210. The maximum atomic E-state index is 12.7. The van der Waals surface area contributed by atoms with Gasteiger partial charge in [0.15, 0.2) is 0 Å². The van der Waals surface area contributed by atoms with E-state index >= 15 is 0 Å². The molecule has 0 unspecified atom stereocenters. The maximum Gasteiger partial charge on any atom is 0.319 e. The van der Waals surface area contributed by atoms with E-state index in [1.807, 2.05) is 29.2 Å². The first-order valence-electron chi connectivity index (χ1n) is 8.45. The highest BCUT2D eigenvalue weighted by molar-refractivity contribution is 6.30. The largest absolute Gasteiger partial charge is 0.346 e. The van der Waals surface area contributed by atoms with Gasteiger partial charge in [0.25, 0.3) is 0 Å². The van der Waals surface area contributed by atoms with Crippen molar-refractivity contribution < 1.29 is 9.59 Å². The molecule has 2 aliphatic rings. The Labute approximate surface area is 147 Å². The fourth-order valence-electron chi connectivity index (χ4n) is 3.33. The number of urea groups is 1. The molecule has 1 aliphatic heterocycles. The molecule has 1 heterocycles. The van der Waals surface area contributed by atoms with Gasteiger partial charge in [0, 0.05) is 38.1 Å². The summed E-state index contributed by atoms with van der Waals surface area (Å²) in [6.45, 7) is 1.28. The average molecular weight is 350 g/mol. The third-order valence-corrected chi connectivity index (χ3v) is 5.28. The fourth-order valence-corrected chi connectivity index (χ4v) is 3.46. The topological polar surface area (TPSA) is 52.7 Å². The normalized spacial score (nSPS) is 19.7. The maximum absolute atomic E-state index is 12.7. The van der Waals surface area contributed by atoms with E-state index in [9.17, 15) is 9.59 Å². The number of benzene rings is 1. The van der Waals surface area contributed by atoms with E-state index in [2.05, 4.69) is 5.32 Å². The number of likely N-dealkylation sites (tertiary alicyclic amines) is 1. The summed E-state index contributed by atoms with van der Waals surface area (Å²) >= 11 is 5.95. The van der Waals surface area contributed by atoms with Gasteiger partial charge < -0.3 is 15.1 Å². The van der Waals surface area contributed by atoms with Gasteiger partial charge in [-0.25, -0.2) is 4.79 Å². The van der Waals surface area contributed by atoms with Gasteiger partial charge in [-0.3, -0.25) is 4.79 Å². The van der Waals surface area contributed by atoms with E-state index in [0.717, 1.165) is 31.2 Å². The number of carbonyl (C=O) groups is 2. The van der Waals surface area contributed by atoms with Crippen LogP contribution in [-0.2, 0) is 10.3 Å². The van der Waals surface area contributed by atoms with Crippen LogP contribution in [0.15, 0.2) is 24.3 Å². The standard InChI is InChI=1S/C18H24ClN3O2/c1-21(2)17(24)22-11-7-13(8-12-22)16(23)20-18(9-10-18)14-3-5-15(19)6-4-14/h3-6,13H,7-12H2,1-2H3,(H,20,23). The van der Waals surface area contributed by atoms with Gasteiger partial charge in [-0.1, -0.05) is 23.7 Å². The zero-order valence-electron chi connectivity index (χ0n) is 14.2. The van der Waals surface area contributed by atoms with Crippen molar-refractivity contribution in [2.45, 2.75) is 31.2 Å². The number of piperidine rings is 1. The Morgan fingerprint density at radius 3 is 2.25 bits per heavy atom. The minimum Gasteiger partial charge on any atom is -0.346 e. The number of rotatable bonds is 3. The summed E-state index contributed by atoms with van der Waals surface area (Å²) in [5, 5.41) is 3.95. The number of nitrogens with zero attached hydrogens (tertiary/aromatic N) is 2. The zero-order valence-corrected chi connectivity index (χ0v) is 15.0. The van der Waals surface area contributed by atoms with Gasteiger partial charge in [0.1, 0.15) is 0 Å². The summed E-state index contributed by atoms with van der Waals surface area (Å²) in [5.74, 6) is 0.0976. The fraction of sp³-hybridized carbons (Fsp3) is 0.556. The molecule has 0 aromatic heterocycles. The van der Waals surface area contributed by atoms with E-state index < -0.39 is 0 Å². The molecule has 24 heavy (non-hydrogen) atoms. The van der Waals surface area contributed by atoms with Crippen molar-refractivity contribution in [2.24, 2.45) is 5.92 Å². The van der Waals surface area contributed by atoms with Crippen LogP contribution in [0.4, 0.5) is 4.79 Å². The Bertz CT molecular complexity index is 618. The van der Waals surface area contributed by atoms with Crippen LogP contribution in [-0.4, -0.2) is 48.9 Å². The summed E-state index contributed by atoms with van der Waals surface area (Å²) in [6, 6.07) is 7.75. The van der Waals surface area contributed by atoms with E-state index in [-0.39, 0.29) is 23.4 Å². The molecule has 2 fully saturated rings. The lowest BCUT2D eigenvalue weighted by Crippen LogP contribution is -2.47. The molecular formula is C18H24ClN3O2. The molecule has 3 rings (SSSR count). The highest BCUT2D eigenvalue weighted by atomic mass is 35.5. The Kier molecular flexibility index (Phi) is 4.72. The van der Waals surface area contributed by atoms with Crippen LogP contribution in [0.25, 0.3) is 0 Å². The Morgan fingerprint density at radius 2 is 1.75 bits per heavy atom. The second-order valence-electron chi connectivity index (χ2n) is 7.02. The summed E-state index contributed by atoms with van der Waals surface area (Å²) in [4.78, 5) is 28.0. The highest BCUT2D eigenvalue weighted by Crippen LogP contribution is 2.46. The molecule has 0 atom stereocenters. The molecule has 130 valence electrons. The predicted molar refractivity (Wildman–Crippen MR) is 93.9 cm³/mol. The van der Waals surface area contributed by atoms with Crippen LogP contribution in [0.3, 0.4) is 0 Å². The van der Waals surface area contributed by atoms with Crippen LogP contribution in [0, 0.1) is 5.92 Å². The first kappa shape index (κ1) is 17.1. The van der Waals surface area contributed by atoms with Crippen LogP contribution >= 0.6 is 11.6 Å². The molecule has 3 amide bonds. The van der Waals surface area contributed by atoms with Gasteiger partial charge in [-0.15, -0.1) is 0 Å². The van der Waals surface area contributed by atoms with Crippen molar-refractivity contribution >= 4 is 23.5 Å². The summed E-state index contributed by atoms with van der Waals surface area (Å²) in [6.07, 6.45) is 3.39. The molecule has 1 saturated heterocycles. The van der Waals surface area contributed by atoms with Crippen molar-refractivity contribution in [2.75, 3.05) is 27.2 Å². The lowest BCUT2D eigenvalue weighted by Gasteiger charge is -2.33. The summed E-state index contributed by atoms with van der Waals surface area (Å²) in [5.41, 5.74) is 0.915. The molecule has 5 nitrogen and oxygen atoms in total. The first-order chi connectivity index (χ1) is 11.4. The van der Waals surface area contributed by atoms with Crippen LogP contribution in [0.2, 0.25) is 5.02 Å². The smallest absolute Gasteiger partial charge is 0.319 e. The number of carbonyl (C=O) groups excluding carboxylic acids is 2. The SMILES string of the molecule is CN(C)C(=O)N1CCC(C(=O)NC2(c3ccc(Cl)cc3)CC2)CC1. The van der Waals surface area contributed by atoms with Gasteiger partial charge in [0.2, 0.25) is 5.91 Å². The third kappa shape index (κ3) is 3.51. The monoisotopic (exact) mass is 349 g/mol. The number of amides is 3. The molecule has 1 N–H and O–H groups in total. The molecule has 0 radical (unpaired) electrons. The second-order valence-corrected chi connectivity index (χ2v) is 7.45. The Morgan fingerprint density at radius 1 is 1.17 bits per heavy atom. The Balaban J connectivity index is 1.57. The molecule has 1 aromatic carbocycles. The number of nitrogens with one attached hydrogen (secondary N) is 1. The zero-order chi connectivity index (χ0) is 17.3. The van der Waals surface area contributed by atoms with Gasteiger partial charge >= 0.3 is 6.03 Å². The summed E-state index contributed by atoms with van der Waals surface area (Å²) in [7, 11) is 3.51. The second kappa shape index (κ2) is 6.63. The average Bonchev–Trinajstić information content (AvgIpc) is 3.35. The van der Waals surface area contributed by atoms with E-state index in [1.54, 1.807) is 19.0 Å². The molecule has 0 spiro atoms. The first-order valence-corrected chi connectivity index (χ1v) is 8.83.